The molecule has 1 aromatic heterocycles. The Balaban J connectivity index is 1.32. The number of rotatable bonds is 13. The molecule has 1 heterocycles. The molecule has 0 unspecified atom stereocenters. The zero-order valence-electron chi connectivity index (χ0n) is 20.4. The van der Waals surface area contributed by atoms with Gasteiger partial charge in [-0.1, -0.05) is 41.9 Å². The summed E-state index contributed by atoms with van der Waals surface area (Å²) in [5.74, 6) is 0.622. The van der Waals surface area contributed by atoms with E-state index in [1.165, 1.54) is 23.0 Å². The second-order valence-electron chi connectivity index (χ2n) is 8.91. The van der Waals surface area contributed by atoms with Gasteiger partial charge < -0.3 is 20.7 Å². The van der Waals surface area contributed by atoms with Crippen LogP contribution in [0.2, 0.25) is 5.02 Å². The van der Waals surface area contributed by atoms with Crippen LogP contribution < -0.4 is 26.2 Å². The van der Waals surface area contributed by atoms with Crippen LogP contribution in [0.1, 0.15) is 29.7 Å². The summed E-state index contributed by atoms with van der Waals surface area (Å²) in [7, 11) is 0. The number of aryl methyl sites for hydroxylation is 1. The number of carbonyl (C=O) groups is 1. The highest BCUT2D eigenvalue weighted by Crippen LogP contribution is 2.23. The normalized spacial score (nSPS) is 12.8. The third-order valence-corrected chi connectivity index (χ3v) is 6.21. The second kappa shape index (κ2) is 12.6. The van der Waals surface area contributed by atoms with Crippen molar-refractivity contribution < 1.29 is 9.53 Å². The number of nitrogens with one attached hydrogen (secondary N) is 3. The van der Waals surface area contributed by atoms with Crippen molar-refractivity contribution in [3.63, 3.8) is 0 Å². The number of anilines is 1. The molecule has 0 atom stereocenters. The van der Waals surface area contributed by atoms with Crippen molar-refractivity contribution in [1.29, 1.82) is 0 Å². The van der Waals surface area contributed by atoms with Gasteiger partial charge in [0.05, 0.1) is 0 Å². The van der Waals surface area contributed by atoms with Gasteiger partial charge in [-0.05, 0) is 49.9 Å². The van der Waals surface area contributed by atoms with Crippen molar-refractivity contribution in [1.82, 2.24) is 20.2 Å². The van der Waals surface area contributed by atoms with Crippen LogP contribution in [-0.4, -0.2) is 41.2 Å². The Morgan fingerprint density at radius 2 is 1.97 bits per heavy atom. The van der Waals surface area contributed by atoms with E-state index in [-0.39, 0.29) is 30.4 Å². The van der Waals surface area contributed by atoms with E-state index in [0.717, 1.165) is 18.5 Å². The summed E-state index contributed by atoms with van der Waals surface area (Å²) < 4.78 is 7.32. The van der Waals surface area contributed by atoms with Gasteiger partial charge in [-0.15, -0.1) is 0 Å². The maximum Gasteiger partial charge on any atom is 0.293 e. The zero-order chi connectivity index (χ0) is 25.3. The summed E-state index contributed by atoms with van der Waals surface area (Å²) in [6, 6.07) is 16.0. The molecule has 0 saturated heterocycles. The third kappa shape index (κ3) is 7.57. The molecule has 1 saturated carbocycles. The molecule has 36 heavy (non-hydrogen) atoms. The molecule has 1 fully saturated rings. The lowest BCUT2D eigenvalue weighted by molar-refractivity contribution is -0.121. The minimum Gasteiger partial charge on any atom is -0.492 e. The molecule has 2 aromatic carbocycles. The highest BCUT2D eigenvalue weighted by atomic mass is 35.5. The van der Waals surface area contributed by atoms with Gasteiger partial charge in [0.2, 0.25) is 5.91 Å². The summed E-state index contributed by atoms with van der Waals surface area (Å²) in [5.41, 5.74) is 2.23. The topological polar surface area (TPSA) is 97.3 Å². The van der Waals surface area contributed by atoms with E-state index in [9.17, 15) is 9.59 Å². The highest BCUT2D eigenvalue weighted by molar-refractivity contribution is 6.30. The average molecular weight is 510 g/mol. The first-order chi connectivity index (χ1) is 17.5. The number of hydrogen-bond acceptors (Lipinski definition) is 6. The van der Waals surface area contributed by atoms with E-state index in [2.05, 4.69) is 20.9 Å². The molecule has 3 aromatic rings. The number of aromatic nitrogens is 2. The van der Waals surface area contributed by atoms with E-state index < -0.39 is 0 Å². The van der Waals surface area contributed by atoms with Gasteiger partial charge in [0, 0.05) is 48.2 Å². The van der Waals surface area contributed by atoms with Crippen molar-refractivity contribution in [2.75, 3.05) is 25.0 Å². The number of amides is 1. The van der Waals surface area contributed by atoms with E-state index in [1.54, 1.807) is 25.3 Å². The smallest absolute Gasteiger partial charge is 0.293 e. The minimum atomic E-state index is -0.326. The monoisotopic (exact) mass is 509 g/mol. The van der Waals surface area contributed by atoms with Crippen LogP contribution in [0.15, 0.2) is 59.5 Å². The van der Waals surface area contributed by atoms with E-state index >= 15 is 0 Å². The van der Waals surface area contributed by atoms with E-state index in [1.807, 2.05) is 36.4 Å². The van der Waals surface area contributed by atoms with Gasteiger partial charge in [-0.3, -0.25) is 14.2 Å². The molecule has 8 nitrogen and oxygen atoms in total. The lowest BCUT2D eigenvalue weighted by Gasteiger charge is -2.15. The SMILES string of the molecule is Cc1cnc(NCCc2ccccc2)c(=O)n1CC(=O)NCc1cc(Cl)ccc1OCCNC1CC1. The molecule has 0 radical (unpaired) electrons. The number of benzene rings is 2. The van der Waals surface area contributed by atoms with Gasteiger partial charge in [0.1, 0.15) is 18.9 Å². The quantitative estimate of drug-likeness (QED) is 0.306. The summed E-state index contributed by atoms with van der Waals surface area (Å²) in [4.78, 5) is 29.9. The largest absolute Gasteiger partial charge is 0.492 e. The first-order valence-corrected chi connectivity index (χ1v) is 12.6. The maximum atomic E-state index is 13.0. The Morgan fingerprint density at radius 1 is 1.17 bits per heavy atom. The summed E-state index contributed by atoms with van der Waals surface area (Å²) in [6.45, 7) is 3.76. The Hall–Kier alpha value is -3.36. The zero-order valence-corrected chi connectivity index (χ0v) is 21.2. The first kappa shape index (κ1) is 25.7. The molecular formula is C27H32ClN5O3. The molecule has 0 spiro atoms. The Labute approximate surface area is 216 Å². The van der Waals surface area contributed by atoms with Crippen molar-refractivity contribution in [2.24, 2.45) is 0 Å². The molecular weight excluding hydrogens is 478 g/mol. The standard InChI is InChI=1S/C27H32ClN5O3/c1-19-16-32-26(30-12-11-20-5-3-2-4-6-20)27(35)33(19)18-25(34)31-17-21-15-22(28)7-10-24(21)36-14-13-29-23-8-9-23/h2-7,10,15-16,23,29H,8-9,11-14,17-18H2,1H3,(H,30,32)(H,31,34). The number of hydrogen-bond donors (Lipinski definition) is 3. The lowest BCUT2D eigenvalue weighted by Crippen LogP contribution is -2.34. The van der Waals surface area contributed by atoms with Crippen LogP contribution in [0.3, 0.4) is 0 Å². The summed E-state index contributed by atoms with van der Waals surface area (Å²) >= 11 is 6.17. The van der Waals surface area contributed by atoms with Crippen LogP contribution >= 0.6 is 11.6 Å². The van der Waals surface area contributed by atoms with Gasteiger partial charge >= 0.3 is 0 Å². The van der Waals surface area contributed by atoms with Gasteiger partial charge in [0.25, 0.3) is 5.56 Å². The Bertz CT molecular complexity index is 1230. The third-order valence-electron chi connectivity index (χ3n) is 5.97. The van der Waals surface area contributed by atoms with Gasteiger partial charge in [-0.25, -0.2) is 4.98 Å². The molecule has 1 aliphatic rings. The fraction of sp³-hybridized carbons (Fsp3) is 0.370. The number of halogens is 1. The van der Waals surface area contributed by atoms with Crippen molar-refractivity contribution in [2.45, 2.75) is 45.3 Å². The minimum absolute atomic E-state index is 0.109. The van der Waals surface area contributed by atoms with Crippen LogP contribution in [0, 0.1) is 6.92 Å². The predicted octanol–water partition coefficient (Wildman–Crippen LogP) is 3.31. The van der Waals surface area contributed by atoms with Gasteiger partial charge in [0.15, 0.2) is 5.82 Å². The lowest BCUT2D eigenvalue weighted by atomic mass is 10.1. The molecule has 1 amide bonds. The Kier molecular flexibility index (Phi) is 8.97. The molecule has 0 bridgehead atoms. The maximum absolute atomic E-state index is 13.0. The Morgan fingerprint density at radius 3 is 2.75 bits per heavy atom. The molecule has 0 aliphatic heterocycles. The predicted molar refractivity (Wildman–Crippen MR) is 142 cm³/mol. The molecule has 190 valence electrons. The molecule has 9 heteroatoms. The van der Waals surface area contributed by atoms with Crippen LogP contribution in [0.25, 0.3) is 0 Å². The van der Waals surface area contributed by atoms with Crippen LogP contribution in [0.4, 0.5) is 5.82 Å². The van der Waals surface area contributed by atoms with Crippen molar-refractivity contribution >= 4 is 23.3 Å². The summed E-state index contributed by atoms with van der Waals surface area (Å²) in [5, 5.41) is 9.95. The number of ether oxygens (including phenoxy) is 1. The van der Waals surface area contributed by atoms with Gasteiger partial charge in [-0.2, -0.15) is 0 Å². The van der Waals surface area contributed by atoms with Crippen molar-refractivity contribution in [3.8, 4) is 5.75 Å². The number of nitrogens with zero attached hydrogens (tertiary/aromatic N) is 2. The molecule has 1 aliphatic carbocycles. The molecule has 4 rings (SSSR count). The number of carbonyl (C=O) groups excluding carboxylic acids is 1. The van der Waals surface area contributed by atoms with E-state index in [4.69, 9.17) is 16.3 Å². The average Bonchev–Trinajstić information content (AvgIpc) is 3.70. The van der Waals surface area contributed by atoms with Crippen LogP contribution in [0.5, 0.6) is 5.75 Å². The fourth-order valence-corrected chi connectivity index (χ4v) is 3.99. The summed E-state index contributed by atoms with van der Waals surface area (Å²) in [6.07, 6.45) is 4.81. The molecule has 3 N–H and O–H groups in total. The highest BCUT2D eigenvalue weighted by Gasteiger charge is 2.19. The van der Waals surface area contributed by atoms with Crippen molar-refractivity contribution in [3.05, 3.63) is 86.9 Å². The fourth-order valence-electron chi connectivity index (χ4n) is 3.79. The first-order valence-electron chi connectivity index (χ1n) is 12.2. The second-order valence-corrected chi connectivity index (χ2v) is 9.34. The van der Waals surface area contributed by atoms with E-state index in [0.29, 0.717) is 35.7 Å². The van der Waals surface area contributed by atoms with Crippen LogP contribution in [-0.2, 0) is 24.3 Å².